The molecule has 3 N–H and O–H groups in total. The Morgan fingerprint density at radius 3 is 2.50 bits per heavy atom. The van der Waals surface area contributed by atoms with E-state index < -0.39 is 23.8 Å². The first-order chi connectivity index (χ1) is 11.5. The maximum Gasteiger partial charge on any atom is 0.336 e. The minimum Gasteiger partial charge on any atom is -0.493 e. The number of aliphatic hydroxyl groups is 2. The smallest absolute Gasteiger partial charge is 0.336 e. The third-order valence-corrected chi connectivity index (χ3v) is 4.43. The van der Waals surface area contributed by atoms with Crippen molar-refractivity contribution in [3.8, 4) is 17.6 Å². The SMILES string of the molecule is N#Cc1ccc(-n2c(O)c3n(c2=O)C[C@@H](O)[C@H]3O)c2ccccc12. The highest BCUT2D eigenvalue weighted by Crippen LogP contribution is 2.35. The van der Waals surface area contributed by atoms with Crippen molar-refractivity contribution in [1.82, 2.24) is 9.13 Å². The van der Waals surface area contributed by atoms with Crippen LogP contribution in [0.5, 0.6) is 5.88 Å². The standard InChI is InChI=1S/C17H13N3O4/c18-7-9-5-6-12(11-4-2-1-3-10(9)11)20-16(23)14-15(22)13(21)8-19(14)17(20)24/h1-6,13,15,21-23H,8H2/t13-,15-/m1/s1. The number of benzene rings is 2. The summed E-state index contributed by atoms with van der Waals surface area (Å²) in [5.74, 6) is -0.404. The predicted molar refractivity (Wildman–Crippen MR) is 84.9 cm³/mol. The second-order valence-electron chi connectivity index (χ2n) is 5.74. The van der Waals surface area contributed by atoms with Crippen LogP contribution in [0.2, 0.25) is 0 Å². The van der Waals surface area contributed by atoms with Crippen molar-refractivity contribution in [2.75, 3.05) is 0 Å². The predicted octanol–water partition coefficient (Wildman–Crippen LogP) is 0.777. The van der Waals surface area contributed by atoms with Gasteiger partial charge in [-0.1, -0.05) is 24.3 Å². The zero-order chi connectivity index (χ0) is 17.0. The third-order valence-electron chi connectivity index (χ3n) is 4.43. The van der Waals surface area contributed by atoms with Crippen LogP contribution in [0.3, 0.4) is 0 Å². The molecule has 3 aromatic rings. The van der Waals surface area contributed by atoms with Gasteiger partial charge in [-0.15, -0.1) is 0 Å². The van der Waals surface area contributed by atoms with Gasteiger partial charge in [0.15, 0.2) is 0 Å². The molecule has 2 heterocycles. The number of nitriles is 1. The summed E-state index contributed by atoms with van der Waals surface area (Å²) in [6, 6.07) is 12.3. The molecular formula is C17H13N3O4. The molecule has 0 amide bonds. The van der Waals surface area contributed by atoms with Crippen molar-refractivity contribution in [2.45, 2.75) is 18.8 Å². The number of nitrogens with zero attached hydrogens (tertiary/aromatic N) is 3. The van der Waals surface area contributed by atoms with Gasteiger partial charge < -0.3 is 15.3 Å². The monoisotopic (exact) mass is 323 g/mol. The maximum atomic E-state index is 12.7. The van der Waals surface area contributed by atoms with E-state index in [4.69, 9.17) is 0 Å². The lowest BCUT2D eigenvalue weighted by Gasteiger charge is -2.11. The zero-order valence-corrected chi connectivity index (χ0v) is 12.4. The first-order valence-corrected chi connectivity index (χ1v) is 7.37. The molecule has 0 fully saturated rings. The van der Waals surface area contributed by atoms with Gasteiger partial charge in [-0.3, -0.25) is 4.57 Å². The lowest BCUT2D eigenvalue weighted by atomic mass is 10.0. The van der Waals surface area contributed by atoms with Gasteiger partial charge in [0.1, 0.15) is 17.9 Å². The fourth-order valence-corrected chi connectivity index (χ4v) is 3.28. The summed E-state index contributed by atoms with van der Waals surface area (Å²) in [5, 5.41) is 40.7. The molecular weight excluding hydrogens is 310 g/mol. The Morgan fingerprint density at radius 2 is 1.83 bits per heavy atom. The van der Waals surface area contributed by atoms with Crippen molar-refractivity contribution in [3.63, 3.8) is 0 Å². The van der Waals surface area contributed by atoms with Crippen LogP contribution >= 0.6 is 0 Å². The summed E-state index contributed by atoms with van der Waals surface area (Å²) in [6.07, 6.45) is -2.44. The van der Waals surface area contributed by atoms with Crippen LogP contribution in [0.15, 0.2) is 41.2 Å². The van der Waals surface area contributed by atoms with Crippen LogP contribution in [0.4, 0.5) is 0 Å². The van der Waals surface area contributed by atoms with Crippen molar-refractivity contribution in [2.24, 2.45) is 0 Å². The summed E-state index contributed by atoms with van der Waals surface area (Å²) in [6.45, 7) is -0.0793. The molecule has 4 rings (SSSR count). The number of imidazole rings is 1. The first kappa shape index (κ1) is 14.5. The number of fused-ring (bicyclic) bond motifs is 2. The van der Waals surface area contributed by atoms with Gasteiger partial charge in [-0.2, -0.15) is 5.26 Å². The molecule has 1 aliphatic rings. The normalized spacial score (nSPS) is 19.4. The molecule has 0 unspecified atom stereocenters. The van der Waals surface area contributed by atoms with E-state index in [1.807, 2.05) is 0 Å². The van der Waals surface area contributed by atoms with Crippen LogP contribution in [-0.2, 0) is 6.54 Å². The Hall–Kier alpha value is -3.08. The van der Waals surface area contributed by atoms with Crippen molar-refractivity contribution in [3.05, 3.63) is 58.1 Å². The summed E-state index contributed by atoms with van der Waals surface area (Å²) >= 11 is 0. The zero-order valence-electron chi connectivity index (χ0n) is 12.4. The first-order valence-electron chi connectivity index (χ1n) is 7.37. The van der Waals surface area contributed by atoms with Crippen LogP contribution in [0.25, 0.3) is 16.5 Å². The fourth-order valence-electron chi connectivity index (χ4n) is 3.28. The highest BCUT2D eigenvalue weighted by atomic mass is 16.3. The van der Waals surface area contributed by atoms with Gasteiger partial charge in [0.25, 0.3) is 0 Å². The lowest BCUT2D eigenvalue weighted by molar-refractivity contribution is 0.0289. The minimum atomic E-state index is -1.32. The van der Waals surface area contributed by atoms with E-state index in [9.17, 15) is 25.4 Å². The Bertz CT molecular complexity index is 1070. The highest BCUT2D eigenvalue weighted by molar-refractivity contribution is 5.94. The second kappa shape index (κ2) is 4.96. The van der Waals surface area contributed by atoms with Crippen LogP contribution in [0, 0.1) is 11.3 Å². The van der Waals surface area contributed by atoms with Gasteiger partial charge in [0.2, 0.25) is 5.88 Å². The van der Waals surface area contributed by atoms with Crippen molar-refractivity contribution in [1.29, 1.82) is 5.26 Å². The fraction of sp³-hybridized carbons (Fsp3) is 0.176. The molecule has 120 valence electrons. The lowest BCUT2D eigenvalue weighted by Crippen LogP contribution is -2.25. The van der Waals surface area contributed by atoms with E-state index in [1.165, 1.54) is 0 Å². The summed E-state index contributed by atoms with van der Waals surface area (Å²) in [4.78, 5) is 12.7. The summed E-state index contributed by atoms with van der Waals surface area (Å²) < 4.78 is 2.26. The minimum absolute atomic E-state index is 0.000871. The Kier molecular flexibility index (Phi) is 3.00. The van der Waals surface area contributed by atoms with Gasteiger partial charge in [-0.25, -0.2) is 9.36 Å². The van der Waals surface area contributed by atoms with Crippen LogP contribution in [-0.4, -0.2) is 30.6 Å². The Morgan fingerprint density at radius 1 is 1.12 bits per heavy atom. The Balaban J connectivity index is 2.06. The molecule has 1 aromatic heterocycles. The maximum absolute atomic E-state index is 12.7. The molecule has 24 heavy (non-hydrogen) atoms. The van der Waals surface area contributed by atoms with Gasteiger partial charge in [0, 0.05) is 10.8 Å². The van der Waals surface area contributed by atoms with E-state index in [-0.39, 0.29) is 12.2 Å². The molecule has 0 bridgehead atoms. The van der Waals surface area contributed by atoms with Crippen molar-refractivity contribution < 1.29 is 15.3 Å². The van der Waals surface area contributed by atoms with E-state index >= 15 is 0 Å². The van der Waals surface area contributed by atoms with E-state index in [1.54, 1.807) is 36.4 Å². The Labute approximate surface area is 135 Å². The largest absolute Gasteiger partial charge is 0.493 e. The number of aromatic hydroxyl groups is 1. The van der Waals surface area contributed by atoms with Crippen LogP contribution < -0.4 is 5.69 Å². The topological polar surface area (TPSA) is 111 Å². The van der Waals surface area contributed by atoms with E-state index in [0.29, 0.717) is 22.0 Å². The molecule has 0 radical (unpaired) electrons. The molecule has 2 atom stereocenters. The molecule has 7 heteroatoms. The third kappa shape index (κ3) is 1.75. The van der Waals surface area contributed by atoms with Gasteiger partial charge in [0.05, 0.1) is 23.9 Å². The average molecular weight is 323 g/mol. The number of rotatable bonds is 1. The number of hydrogen-bond acceptors (Lipinski definition) is 5. The molecule has 0 aliphatic carbocycles. The van der Waals surface area contributed by atoms with Crippen molar-refractivity contribution >= 4 is 10.8 Å². The van der Waals surface area contributed by atoms with E-state index in [2.05, 4.69) is 6.07 Å². The number of aliphatic hydroxyl groups excluding tert-OH is 2. The molecule has 2 aromatic carbocycles. The van der Waals surface area contributed by atoms with Crippen LogP contribution in [0.1, 0.15) is 17.4 Å². The quantitative estimate of drug-likeness (QED) is 0.613. The number of hydrogen-bond donors (Lipinski definition) is 3. The summed E-state index contributed by atoms with van der Waals surface area (Å²) in [5.41, 5.74) is 0.327. The highest BCUT2D eigenvalue weighted by Gasteiger charge is 2.37. The average Bonchev–Trinajstić information content (AvgIpc) is 3.02. The molecule has 0 spiro atoms. The number of aromatic nitrogens is 2. The van der Waals surface area contributed by atoms with Gasteiger partial charge >= 0.3 is 5.69 Å². The molecule has 0 saturated heterocycles. The van der Waals surface area contributed by atoms with E-state index in [0.717, 1.165) is 9.13 Å². The second-order valence-corrected chi connectivity index (χ2v) is 5.74. The summed E-state index contributed by atoms with van der Waals surface area (Å²) in [7, 11) is 0. The molecule has 7 nitrogen and oxygen atoms in total. The molecule has 0 saturated carbocycles. The van der Waals surface area contributed by atoms with Gasteiger partial charge in [-0.05, 0) is 12.1 Å². The molecule has 1 aliphatic heterocycles.